The fourth-order valence-electron chi connectivity index (χ4n) is 0.274. The first-order valence-corrected chi connectivity index (χ1v) is 4.26. The second kappa shape index (κ2) is 5.09. The standard InChI is InChI=1S/C6H12N.FHO3S/c1-5-6-7(2,3)4;1-5(2,3)4/h1H,6H2,2-4H3;(H,2,3,4)/q+1;/p-1. The maximum absolute atomic E-state index is 10.1. The van der Waals surface area contributed by atoms with E-state index in [1.807, 2.05) is 0 Å². The summed E-state index contributed by atoms with van der Waals surface area (Å²) in [6, 6.07) is 0. The molecule has 0 rings (SSSR count). The largest absolute Gasteiger partial charge is 0.722 e. The van der Waals surface area contributed by atoms with Crippen molar-refractivity contribution in [2.45, 2.75) is 0 Å². The molecule has 0 N–H and O–H groups in total. The van der Waals surface area contributed by atoms with Crippen molar-refractivity contribution in [2.24, 2.45) is 0 Å². The Morgan fingerprint density at radius 2 is 1.75 bits per heavy atom. The van der Waals surface area contributed by atoms with E-state index in [2.05, 4.69) is 27.1 Å². The molecular weight excluding hydrogens is 185 g/mol. The smallest absolute Gasteiger partial charge is 0.255 e. The SMILES string of the molecule is C#CC[N+](C)(C)C.O=S(=O)([O-])F. The molecule has 0 amide bonds. The van der Waals surface area contributed by atoms with E-state index in [0.29, 0.717) is 0 Å². The van der Waals surface area contributed by atoms with Crippen LogP contribution in [0.3, 0.4) is 0 Å². The van der Waals surface area contributed by atoms with Crippen LogP contribution in [0, 0.1) is 12.3 Å². The summed E-state index contributed by atoms with van der Waals surface area (Å²) in [6.07, 6.45) is 5.05. The van der Waals surface area contributed by atoms with Crippen LogP contribution in [0.2, 0.25) is 0 Å². The Morgan fingerprint density at radius 1 is 1.50 bits per heavy atom. The zero-order valence-corrected chi connectivity index (χ0v) is 8.06. The lowest BCUT2D eigenvalue weighted by Crippen LogP contribution is -2.34. The number of nitrogens with zero attached hydrogens (tertiary/aromatic N) is 1. The molecule has 0 unspecified atom stereocenters. The van der Waals surface area contributed by atoms with E-state index >= 15 is 0 Å². The fraction of sp³-hybridized carbons (Fsp3) is 0.667. The minimum absolute atomic E-state index is 0.806. The normalized spacial score (nSPS) is 11.0. The van der Waals surface area contributed by atoms with Crippen LogP contribution in [0.5, 0.6) is 0 Å². The Kier molecular flexibility index (Phi) is 5.90. The van der Waals surface area contributed by atoms with Crippen molar-refractivity contribution in [2.75, 3.05) is 27.7 Å². The number of quaternary nitrogens is 1. The zero-order chi connectivity index (χ0) is 10.4. The molecule has 0 atom stereocenters. The van der Waals surface area contributed by atoms with Crippen LogP contribution < -0.4 is 0 Å². The van der Waals surface area contributed by atoms with Gasteiger partial charge in [-0.3, -0.25) is 0 Å². The molecule has 0 aliphatic rings. The number of hydrogen-bond donors (Lipinski definition) is 0. The average molecular weight is 197 g/mol. The summed E-state index contributed by atoms with van der Waals surface area (Å²) in [5.74, 6) is 2.58. The van der Waals surface area contributed by atoms with E-state index < -0.39 is 10.5 Å². The van der Waals surface area contributed by atoms with E-state index in [0.717, 1.165) is 11.0 Å². The monoisotopic (exact) mass is 197 g/mol. The van der Waals surface area contributed by atoms with Gasteiger partial charge in [0.25, 0.3) is 10.5 Å². The van der Waals surface area contributed by atoms with Gasteiger partial charge in [0, 0.05) is 0 Å². The molecule has 0 saturated heterocycles. The third-order valence-corrected chi connectivity index (χ3v) is 0.566. The van der Waals surface area contributed by atoms with Crippen LogP contribution in [-0.2, 0) is 10.5 Å². The van der Waals surface area contributed by atoms with Gasteiger partial charge in [-0.25, -0.2) is 8.42 Å². The number of halogens is 1. The van der Waals surface area contributed by atoms with Gasteiger partial charge in [-0.15, -0.1) is 10.3 Å². The minimum Gasteiger partial charge on any atom is -0.722 e. The second-order valence-corrected chi connectivity index (χ2v) is 3.83. The average Bonchev–Trinajstić information content (AvgIpc) is 1.54. The molecule has 12 heavy (non-hydrogen) atoms. The van der Waals surface area contributed by atoms with Crippen LogP contribution in [0.15, 0.2) is 0 Å². The maximum Gasteiger partial charge on any atom is 0.255 e. The van der Waals surface area contributed by atoms with Gasteiger partial charge in [0.2, 0.25) is 0 Å². The highest BCUT2D eigenvalue weighted by Crippen LogP contribution is 1.84. The molecule has 0 bridgehead atoms. The van der Waals surface area contributed by atoms with Crippen molar-refractivity contribution < 1.29 is 21.3 Å². The van der Waals surface area contributed by atoms with E-state index in [1.165, 1.54) is 0 Å². The number of hydrogen-bond acceptors (Lipinski definition) is 3. The minimum atomic E-state index is -5.42. The highest BCUT2D eigenvalue weighted by Gasteiger charge is 2.00. The molecule has 72 valence electrons. The number of terminal acetylenes is 1. The molecule has 0 aliphatic carbocycles. The summed E-state index contributed by atoms with van der Waals surface area (Å²) < 4.78 is 36.2. The highest BCUT2D eigenvalue weighted by molar-refractivity contribution is 7.80. The molecule has 0 radical (unpaired) electrons. The summed E-state index contributed by atoms with van der Waals surface area (Å²) in [5, 5.41) is 0. The summed E-state index contributed by atoms with van der Waals surface area (Å²) in [6.45, 7) is 0.806. The Labute approximate surface area is 72.6 Å². The molecule has 0 fully saturated rings. The molecule has 6 heteroatoms. The lowest BCUT2D eigenvalue weighted by atomic mass is 10.5. The van der Waals surface area contributed by atoms with Crippen molar-refractivity contribution in [3.8, 4) is 12.3 Å². The van der Waals surface area contributed by atoms with Gasteiger partial charge in [0.1, 0.15) is 6.54 Å². The van der Waals surface area contributed by atoms with E-state index in [-0.39, 0.29) is 0 Å². The molecule has 0 aliphatic heterocycles. The van der Waals surface area contributed by atoms with Gasteiger partial charge in [0.05, 0.1) is 21.1 Å². The Bertz CT molecular complexity index is 239. The molecule has 0 aromatic rings. The van der Waals surface area contributed by atoms with Crippen molar-refractivity contribution in [1.82, 2.24) is 0 Å². The van der Waals surface area contributed by atoms with Gasteiger partial charge in [-0.1, -0.05) is 0 Å². The zero-order valence-electron chi connectivity index (χ0n) is 7.24. The molecule has 0 aromatic heterocycles. The fourth-order valence-corrected chi connectivity index (χ4v) is 0.274. The van der Waals surface area contributed by atoms with Crippen molar-refractivity contribution in [3.05, 3.63) is 0 Å². The summed E-state index contributed by atoms with van der Waals surface area (Å²) in [4.78, 5) is 0. The first-order valence-electron chi connectivity index (χ1n) is 2.95. The van der Waals surface area contributed by atoms with Gasteiger partial charge >= 0.3 is 0 Å². The molecule has 4 nitrogen and oxygen atoms in total. The van der Waals surface area contributed by atoms with Gasteiger partial charge in [-0.2, -0.15) is 0 Å². The summed E-state index contributed by atoms with van der Waals surface area (Å²) in [7, 11) is 0.791. The third-order valence-electron chi connectivity index (χ3n) is 0.566. The Morgan fingerprint density at radius 3 is 1.75 bits per heavy atom. The van der Waals surface area contributed by atoms with Crippen molar-refractivity contribution in [1.29, 1.82) is 0 Å². The predicted octanol–water partition coefficient (Wildman–Crippen LogP) is -0.258. The maximum atomic E-state index is 10.1. The van der Waals surface area contributed by atoms with Crippen molar-refractivity contribution in [3.63, 3.8) is 0 Å². The lowest BCUT2D eigenvalue weighted by Gasteiger charge is -2.19. The van der Waals surface area contributed by atoms with Crippen LogP contribution in [0.1, 0.15) is 0 Å². The summed E-state index contributed by atoms with van der Waals surface area (Å²) >= 11 is 0. The van der Waals surface area contributed by atoms with Crippen molar-refractivity contribution >= 4 is 10.5 Å². The van der Waals surface area contributed by atoms with Crippen LogP contribution in [0.25, 0.3) is 0 Å². The summed E-state index contributed by atoms with van der Waals surface area (Å²) in [5.41, 5.74) is 0. The van der Waals surface area contributed by atoms with Gasteiger partial charge in [0.15, 0.2) is 0 Å². The van der Waals surface area contributed by atoms with Crippen LogP contribution >= 0.6 is 0 Å². The van der Waals surface area contributed by atoms with Crippen LogP contribution in [0.4, 0.5) is 3.89 Å². The van der Waals surface area contributed by atoms with E-state index in [4.69, 9.17) is 19.4 Å². The third kappa shape index (κ3) is 57.9. The van der Waals surface area contributed by atoms with E-state index in [9.17, 15) is 3.89 Å². The first-order chi connectivity index (χ1) is 5.06. The molecule has 0 heterocycles. The molecule has 0 spiro atoms. The quantitative estimate of drug-likeness (QED) is 0.252. The Hall–Kier alpha value is -0.640. The number of rotatable bonds is 1. The first kappa shape index (κ1) is 13.9. The molecular formula is C6H12FNO3S. The lowest BCUT2D eigenvalue weighted by molar-refractivity contribution is -0.862. The van der Waals surface area contributed by atoms with Crippen LogP contribution in [-0.4, -0.2) is 45.1 Å². The highest BCUT2D eigenvalue weighted by atomic mass is 32.3. The van der Waals surface area contributed by atoms with E-state index in [1.54, 1.807) is 0 Å². The second-order valence-electron chi connectivity index (χ2n) is 3.05. The molecule has 0 saturated carbocycles. The topological polar surface area (TPSA) is 57.2 Å². The molecule has 0 aromatic carbocycles. The Balaban J connectivity index is 0. The van der Waals surface area contributed by atoms with Gasteiger partial charge < -0.3 is 9.04 Å². The predicted molar refractivity (Wildman–Crippen MR) is 42.5 cm³/mol. The van der Waals surface area contributed by atoms with Gasteiger partial charge in [-0.05, 0) is 5.92 Å².